The predicted octanol–water partition coefficient (Wildman–Crippen LogP) is 0.153. The Morgan fingerprint density at radius 2 is 1.89 bits per heavy atom. The van der Waals surface area contributed by atoms with Crippen molar-refractivity contribution in [1.82, 2.24) is 4.31 Å². The summed E-state index contributed by atoms with van der Waals surface area (Å²) in [6.45, 7) is 2.97. The highest BCUT2D eigenvalue weighted by Crippen LogP contribution is 2.23. The summed E-state index contributed by atoms with van der Waals surface area (Å²) in [5.41, 5.74) is 10.9. The van der Waals surface area contributed by atoms with E-state index in [2.05, 4.69) is 0 Å². The normalized spacial score (nSPS) is 12.0. The van der Waals surface area contributed by atoms with E-state index in [1.165, 1.54) is 12.1 Å². The first-order valence-corrected chi connectivity index (χ1v) is 6.85. The number of anilines is 1. The maximum absolute atomic E-state index is 12.4. The van der Waals surface area contributed by atoms with Gasteiger partial charge in [0.15, 0.2) is 0 Å². The molecule has 0 fully saturated rings. The molecule has 1 amide bonds. The van der Waals surface area contributed by atoms with Crippen molar-refractivity contribution in [2.45, 2.75) is 24.8 Å². The van der Waals surface area contributed by atoms with E-state index in [0.717, 1.165) is 4.31 Å². The molecule has 100 valence electrons. The molecule has 4 N–H and O–H groups in total. The molecule has 0 aliphatic heterocycles. The fourth-order valence-corrected chi connectivity index (χ4v) is 3.26. The number of nitrogens with zero attached hydrogens (tertiary/aromatic N) is 1. The average Bonchev–Trinajstić information content (AvgIpc) is 2.25. The van der Waals surface area contributed by atoms with Gasteiger partial charge in [-0.05, 0) is 26.0 Å². The third kappa shape index (κ3) is 2.99. The fourth-order valence-electron chi connectivity index (χ4n) is 1.54. The first-order chi connectivity index (χ1) is 8.26. The van der Waals surface area contributed by atoms with Crippen LogP contribution >= 0.6 is 0 Å². The van der Waals surface area contributed by atoms with Gasteiger partial charge in [-0.3, -0.25) is 4.79 Å². The molecule has 1 rings (SSSR count). The number of sulfonamides is 1. The van der Waals surface area contributed by atoms with Crippen molar-refractivity contribution in [3.8, 4) is 0 Å². The minimum absolute atomic E-state index is 0.0139. The van der Waals surface area contributed by atoms with Crippen molar-refractivity contribution in [2.24, 2.45) is 5.73 Å². The van der Waals surface area contributed by atoms with Crippen LogP contribution in [0.4, 0.5) is 5.69 Å². The Kier molecular flexibility index (Phi) is 4.31. The molecule has 0 aliphatic carbocycles. The number of benzene rings is 1. The van der Waals surface area contributed by atoms with Crippen LogP contribution in [-0.2, 0) is 14.8 Å². The number of carbonyl (C=O) groups excluding carboxylic acids is 1. The number of para-hydroxylation sites is 1. The van der Waals surface area contributed by atoms with Crippen molar-refractivity contribution in [2.75, 3.05) is 12.3 Å². The largest absolute Gasteiger partial charge is 0.398 e. The Hall–Kier alpha value is -1.60. The Bertz CT molecular complexity index is 540. The Morgan fingerprint density at radius 1 is 1.33 bits per heavy atom. The van der Waals surface area contributed by atoms with Crippen LogP contribution in [0.2, 0.25) is 0 Å². The van der Waals surface area contributed by atoms with Gasteiger partial charge in [-0.15, -0.1) is 0 Å². The molecule has 0 saturated carbocycles. The number of amides is 1. The molecule has 0 spiro atoms. The van der Waals surface area contributed by atoms with E-state index in [1.807, 2.05) is 0 Å². The van der Waals surface area contributed by atoms with Crippen molar-refractivity contribution in [3.05, 3.63) is 24.3 Å². The van der Waals surface area contributed by atoms with Gasteiger partial charge < -0.3 is 11.5 Å². The first kappa shape index (κ1) is 14.5. The van der Waals surface area contributed by atoms with Crippen molar-refractivity contribution in [1.29, 1.82) is 0 Å². The van der Waals surface area contributed by atoms with E-state index in [1.54, 1.807) is 26.0 Å². The van der Waals surface area contributed by atoms with Gasteiger partial charge in [0, 0.05) is 6.04 Å². The lowest BCUT2D eigenvalue weighted by Crippen LogP contribution is -2.42. The monoisotopic (exact) mass is 271 g/mol. The minimum atomic E-state index is -3.82. The highest BCUT2D eigenvalue weighted by molar-refractivity contribution is 7.89. The maximum Gasteiger partial charge on any atom is 0.245 e. The molecule has 18 heavy (non-hydrogen) atoms. The average molecular weight is 271 g/mol. The summed E-state index contributed by atoms with van der Waals surface area (Å²) < 4.78 is 25.8. The van der Waals surface area contributed by atoms with Crippen LogP contribution < -0.4 is 11.5 Å². The zero-order valence-electron chi connectivity index (χ0n) is 10.3. The molecule has 0 atom stereocenters. The molecule has 6 nitrogen and oxygen atoms in total. The molecule has 0 saturated heterocycles. The zero-order chi connectivity index (χ0) is 13.9. The highest BCUT2D eigenvalue weighted by atomic mass is 32.2. The van der Waals surface area contributed by atoms with Crippen LogP contribution in [0.5, 0.6) is 0 Å². The second-order valence-corrected chi connectivity index (χ2v) is 6.01. The van der Waals surface area contributed by atoms with Crippen LogP contribution in [0.1, 0.15) is 13.8 Å². The Labute approximate surface area is 107 Å². The van der Waals surface area contributed by atoms with Gasteiger partial charge in [0.05, 0.1) is 12.2 Å². The van der Waals surface area contributed by atoms with Gasteiger partial charge in [0.1, 0.15) is 4.90 Å². The lowest BCUT2D eigenvalue weighted by atomic mass is 10.3. The van der Waals surface area contributed by atoms with Crippen molar-refractivity contribution in [3.63, 3.8) is 0 Å². The predicted molar refractivity (Wildman–Crippen MR) is 69.1 cm³/mol. The smallest absolute Gasteiger partial charge is 0.245 e. The second-order valence-electron chi connectivity index (χ2n) is 4.15. The number of hydrogen-bond donors (Lipinski definition) is 2. The van der Waals surface area contributed by atoms with Gasteiger partial charge in [-0.25, -0.2) is 8.42 Å². The molecule has 0 unspecified atom stereocenters. The number of nitrogen functional groups attached to an aromatic ring is 1. The Morgan fingerprint density at radius 3 is 2.33 bits per heavy atom. The standard InChI is InChI=1S/C11H17N3O3S/c1-8(2)14(7-11(13)15)18(16,17)10-6-4-3-5-9(10)12/h3-6,8H,7,12H2,1-2H3,(H2,13,15). The third-order valence-corrected chi connectivity index (χ3v) is 4.49. The molecule has 0 bridgehead atoms. The van der Waals surface area contributed by atoms with E-state index in [4.69, 9.17) is 11.5 Å². The molecular formula is C11H17N3O3S. The number of rotatable bonds is 5. The van der Waals surface area contributed by atoms with Gasteiger partial charge >= 0.3 is 0 Å². The summed E-state index contributed by atoms with van der Waals surface area (Å²) >= 11 is 0. The summed E-state index contributed by atoms with van der Waals surface area (Å²) in [4.78, 5) is 10.9. The number of hydrogen-bond acceptors (Lipinski definition) is 4. The van der Waals surface area contributed by atoms with Gasteiger partial charge in [-0.1, -0.05) is 12.1 Å². The first-order valence-electron chi connectivity index (χ1n) is 5.41. The lowest BCUT2D eigenvalue weighted by Gasteiger charge is -2.25. The molecule has 0 radical (unpaired) electrons. The van der Waals surface area contributed by atoms with Gasteiger partial charge in [0.25, 0.3) is 0 Å². The van der Waals surface area contributed by atoms with E-state index in [-0.39, 0.29) is 23.2 Å². The topological polar surface area (TPSA) is 106 Å². The summed E-state index contributed by atoms with van der Waals surface area (Å²) in [5.74, 6) is -0.707. The summed E-state index contributed by atoms with van der Waals surface area (Å²) in [6.07, 6.45) is 0. The minimum Gasteiger partial charge on any atom is -0.398 e. The van der Waals surface area contributed by atoms with Crippen molar-refractivity contribution < 1.29 is 13.2 Å². The molecule has 0 aliphatic rings. The van der Waals surface area contributed by atoms with Crippen LogP contribution in [0.15, 0.2) is 29.2 Å². The molecular weight excluding hydrogens is 254 g/mol. The SMILES string of the molecule is CC(C)N(CC(N)=O)S(=O)(=O)c1ccccc1N. The van der Waals surface area contributed by atoms with Crippen LogP contribution in [0, 0.1) is 0 Å². The Balaban J connectivity index is 3.26. The van der Waals surface area contributed by atoms with Gasteiger partial charge in [0.2, 0.25) is 15.9 Å². The quantitative estimate of drug-likeness (QED) is 0.743. The van der Waals surface area contributed by atoms with Crippen molar-refractivity contribution >= 4 is 21.6 Å². The van der Waals surface area contributed by atoms with Crippen LogP contribution in [0.25, 0.3) is 0 Å². The highest BCUT2D eigenvalue weighted by Gasteiger charge is 2.29. The molecule has 7 heteroatoms. The molecule has 0 heterocycles. The number of nitrogens with two attached hydrogens (primary N) is 2. The third-order valence-electron chi connectivity index (χ3n) is 2.39. The lowest BCUT2D eigenvalue weighted by molar-refractivity contribution is -0.118. The summed E-state index contributed by atoms with van der Waals surface area (Å²) in [6, 6.07) is 5.73. The summed E-state index contributed by atoms with van der Waals surface area (Å²) in [7, 11) is -3.82. The molecule has 0 aromatic heterocycles. The van der Waals surface area contributed by atoms with Crippen LogP contribution in [-0.4, -0.2) is 31.2 Å². The molecule has 1 aromatic carbocycles. The summed E-state index contributed by atoms with van der Waals surface area (Å²) in [5, 5.41) is 0. The second kappa shape index (κ2) is 5.36. The number of primary amides is 1. The zero-order valence-corrected chi connectivity index (χ0v) is 11.1. The van der Waals surface area contributed by atoms with E-state index < -0.39 is 15.9 Å². The van der Waals surface area contributed by atoms with E-state index in [0.29, 0.717) is 0 Å². The maximum atomic E-state index is 12.4. The molecule has 1 aromatic rings. The fraction of sp³-hybridized carbons (Fsp3) is 0.364. The van der Waals surface area contributed by atoms with E-state index in [9.17, 15) is 13.2 Å². The number of carbonyl (C=O) groups is 1. The van der Waals surface area contributed by atoms with E-state index >= 15 is 0 Å². The van der Waals surface area contributed by atoms with Gasteiger partial charge in [-0.2, -0.15) is 4.31 Å². The van der Waals surface area contributed by atoms with Crippen LogP contribution in [0.3, 0.4) is 0 Å².